The minimum Gasteiger partial charge on any atom is -0.394 e. The fourth-order valence-electron chi connectivity index (χ4n) is 10.8. The lowest BCUT2D eigenvalue weighted by Crippen LogP contribution is -2.65. The molecule has 14 nitrogen and oxygen atoms in total. The average Bonchev–Trinajstić information content (AvgIpc) is 3.47. The summed E-state index contributed by atoms with van der Waals surface area (Å²) >= 11 is 0. The van der Waals surface area contributed by atoms with Crippen LogP contribution in [0.15, 0.2) is 36.5 Å². The van der Waals surface area contributed by atoms with Crippen molar-refractivity contribution < 1.29 is 64.6 Å². The Bertz CT molecular complexity index is 1460. The Kier molecular flexibility index (Phi) is 47.0. The van der Waals surface area contributed by atoms with Crippen LogP contribution in [0.3, 0.4) is 0 Å². The molecule has 12 atom stereocenters. The second-order valence-electron chi connectivity index (χ2n) is 23.2. The fraction of sp³-hybridized carbons (Fsp3) is 0.892. The van der Waals surface area contributed by atoms with E-state index in [2.05, 4.69) is 43.5 Å². The molecule has 2 fully saturated rings. The van der Waals surface area contributed by atoms with Crippen LogP contribution in [-0.2, 0) is 23.7 Å². The molecule has 12 unspecified atom stereocenters. The number of aliphatic hydroxyl groups is 8. The van der Waals surface area contributed by atoms with Gasteiger partial charge in [-0.05, 0) is 57.8 Å². The van der Waals surface area contributed by atoms with Crippen molar-refractivity contribution >= 4 is 5.91 Å². The molecule has 0 aromatic rings. The topological polar surface area (TPSA) is 228 Å². The van der Waals surface area contributed by atoms with Crippen LogP contribution < -0.4 is 5.32 Å². The van der Waals surface area contributed by atoms with Crippen LogP contribution >= 0.6 is 0 Å². The number of aliphatic hydroxyl groups excluding tert-OH is 8. The Morgan fingerprint density at radius 2 is 0.810 bits per heavy atom. The highest BCUT2D eigenvalue weighted by Gasteiger charge is 2.51. The van der Waals surface area contributed by atoms with Crippen molar-refractivity contribution in [1.82, 2.24) is 5.32 Å². The van der Waals surface area contributed by atoms with Gasteiger partial charge in [-0.1, -0.05) is 249 Å². The number of unbranched alkanes of at least 4 members (excludes halogenated alkanes) is 36. The molecule has 2 rings (SSSR count). The zero-order valence-electron chi connectivity index (χ0n) is 50.1. The van der Waals surface area contributed by atoms with E-state index in [1.165, 1.54) is 193 Å². The van der Waals surface area contributed by atoms with Gasteiger partial charge in [0.15, 0.2) is 12.6 Å². The van der Waals surface area contributed by atoms with E-state index in [0.29, 0.717) is 12.8 Å². The van der Waals surface area contributed by atoms with Crippen LogP contribution in [0.5, 0.6) is 0 Å². The number of hydrogen-bond acceptors (Lipinski definition) is 13. The number of nitrogens with one attached hydrogen (secondary N) is 1. The van der Waals surface area contributed by atoms with E-state index in [4.69, 9.17) is 18.9 Å². The molecular formula is C65H121NO13. The monoisotopic (exact) mass is 1120 g/mol. The van der Waals surface area contributed by atoms with Gasteiger partial charge in [0.1, 0.15) is 48.8 Å². The fourth-order valence-corrected chi connectivity index (χ4v) is 10.8. The predicted molar refractivity (Wildman–Crippen MR) is 318 cm³/mol. The molecule has 0 aliphatic carbocycles. The summed E-state index contributed by atoms with van der Waals surface area (Å²) in [5.41, 5.74) is 0. The summed E-state index contributed by atoms with van der Waals surface area (Å²) in [7, 11) is 0. The van der Waals surface area contributed by atoms with E-state index in [1.807, 2.05) is 6.08 Å². The number of ether oxygens (including phenoxy) is 4. The summed E-state index contributed by atoms with van der Waals surface area (Å²) in [5, 5.41) is 87.2. The molecule has 0 aromatic heterocycles. The lowest BCUT2D eigenvalue weighted by Gasteiger charge is -2.46. The maximum Gasteiger partial charge on any atom is 0.220 e. The van der Waals surface area contributed by atoms with Crippen molar-refractivity contribution in [3.8, 4) is 0 Å². The van der Waals surface area contributed by atoms with E-state index in [-0.39, 0.29) is 18.9 Å². The van der Waals surface area contributed by atoms with Gasteiger partial charge in [0.25, 0.3) is 0 Å². The Balaban J connectivity index is 1.70. The maximum atomic E-state index is 13.2. The van der Waals surface area contributed by atoms with Crippen molar-refractivity contribution in [2.24, 2.45) is 0 Å². The third-order valence-corrected chi connectivity index (χ3v) is 16.0. The van der Waals surface area contributed by atoms with Gasteiger partial charge in [0.2, 0.25) is 5.91 Å². The zero-order chi connectivity index (χ0) is 57.4. The van der Waals surface area contributed by atoms with Gasteiger partial charge in [-0.15, -0.1) is 0 Å². The molecule has 9 N–H and O–H groups in total. The van der Waals surface area contributed by atoms with E-state index in [0.717, 1.165) is 51.4 Å². The Morgan fingerprint density at radius 1 is 0.443 bits per heavy atom. The average molecular weight is 1120 g/mol. The Labute approximate surface area is 481 Å². The molecule has 79 heavy (non-hydrogen) atoms. The van der Waals surface area contributed by atoms with E-state index < -0.39 is 86.8 Å². The normalized spacial score (nSPS) is 24.6. The maximum absolute atomic E-state index is 13.2. The molecule has 464 valence electrons. The first-order valence-corrected chi connectivity index (χ1v) is 32.7. The molecule has 0 saturated carbocycles. The second kappa shape index (κ2) is 50.7. The van der Waals surface area contributed by atoms with E-state index in [9.17, 15) is 45.6 Å². The molecule has 2 saturated heterocycles. The van der Waals surface area contributed by atoms with E-state index >= 15 is 0 Å². The first kappa shape index (κ1) is 73.3. The highest BCUT2D eigenvalue weighted by Crippen LogP contribution is 2.30. The number of rotatable bonds is 53. The Hall–Kier alpha value is -1.79. The van der Waals surface area contributed by atoms with Gasteiger partial charge in [-0.3, -0.25) is 4.79 Å². The SMILES string of the molecule is CCCCCCCC/C=C\CCCCCCCC(=O)NC(COC1OC(CO)C(OC2OC(CO)C(O)C(O)C2O)C(O)C1O)C(O)/C=C/CC/C=C/CCCCCCCCCCCCCCCCCCCCCCCCCC. The van der Waals surface area contributed by atoms with Crippen molar-refractivity contribution in [3.05, 3.63) is 36.5 Å². The van der Waals surface area contributed by atoms with Crippen molar-refractivity contribution in [1.29, 1.82) is 0 Å². The van der Waals surface area contributed by atoms with Gasteiger partial charge in [-0.25, -0.2) is 0 Å². The zero-order valence-corrected chi connectivity index (χ0v) is 50.1. The van der Waals surface area contributed by atoms with Crippen LogP contribution in [0.2, 0.25) is 0 Å². The molecule has 0 bridgehead atoms. The summed E-state index contributed by atoms with van der Waals surface area (Å²) in [6, 6.07) is -0.935. The lowest BCUT2D eigenvalue weighted by molar-refractivity contribution is -0.359. The highest BCUT2D eigenvalue weighted by molar-refractivity contribution is 5.76. The molecular weight excluding hydrogens is 1000 g/mol. The van der Waals surface area contributed by atoms with Crippen LogP contribution in [0.1, 0.15) is 277 Å². The van der Waals surface area contributed by atoms with Crippen molar-refractivity contribution in [3.63, 3.8) is 0 Å². The van der Waals surface area contributed by atoms with Crippen molar-refractivity contribution in [2.75, 3.05) is 19.8 Å². The van der Waals surface area contributed by atoms with Crippen LogP contribution in [-0.4, -0.2) is 140 Å². The van der Waals surface area contributed by atoms with Gasteiger partial charge >= 0.3 is 0 Å². The summed E-state index contributed by atoms with van der Waals surface area (Å²) in [5.74, 6) is -0.256. The molecule has 1 amide bonds. The number of amides is 1. The molecule has 2 aliphatic rings. The number of carbonyl (C=O) groups excluding carboxylic acids is 1. The van der Waals surface area contributed by atoms with Gasteiger partial charge in [0, 0.05) is 6.42 Å². The number of carbonyl (C=O) groups is 1. The number of hydrogen-bond donors (Lipinski definition) is 9. The van der Waals surface area contributed by atoms with Gasteiger partial charge < -0.3 is 65.1 Å². The van der Waals surface area contributed by atoms with Crippen LogP contribution in [0.4, 0.5) is 0 Å². The smallest absolute Gasteiger partial charge is 0.220 e. The molecule has 2 aliphatic heterocycles. The summed E-state index contributed by atoms with van der Waals surface area (Å²) < 4.78 is 22.8. The minimum atomic E-state index is -1.79. The molecule has 0 aromatic carbocycles. The van der Waals surface area contributed by atoms with E-state index in [1.54, 1.807) is 6.08 Å². The quantitative estimate of drug-likeness (QED) is 0.0204. The first-order chi connectivity index (χ1) is 38.6. The molecule has 0 spiro atoms. The highest BCUT2D eigenvalue weighted by atomic mass is 16.7. The third-order valence-electron chi connectivity index (χ3n) is 16.0. The second-order valence-corrected chi connectivity index (χ2v) is 23.2. The lowest BCUT2D eigenvalue weighted by atomic mass is 9.97. The van der Waals surface area contributed by atoms with Crippen LogP contribution in [0, 0.1) is 0 Å². The first-order valence-electron chi connectivity index (χ1n) is 32.7. The minimum absolute atomic E-state index is 0.256. The summed E-state index contributed by atoms with van der Waals surface area (Å²) in [6.45, 7) is 2.79. The molecule has 14 heteroatoms. The molecule has 0 radical (unpaired) electrons. The molecule has 2 heterocycles. The number of allylic oxidation sites excluding steroid dienone is 5. The largest absolute Gasteiger partial charge is 0.394 e. The Morgan fingerprint density at radius 3 is 1.24 bits per heavy atom. The summed E-state index contributed by atoms with van der Waals surface area (Å²) in [4.78, 5) is 13.2. The van der Waals surface area contributed by atoms with Crippen molar-refractivity contribution in [2.45, 2.75) is 351 Å². The standard InChI is InChI=1S/C65H121NO13/c1-3-5-7-9-11-13-15-17-19-20-21-22-23-24-25-26-27-28-29-30-31-32-33-35-36-38-40-42-44-46-48-54(69)53(66-57(70)49-47-45-43-41-39-37-34-18-16-14-12-10-8-6-4-2)52-76-64-62(75)60(73)63(56(51-68)78-64)79-65-61(74)59(72)58(71)55(50-67)77-65/h18,34,38,40,46,48,53-56,58-65,67-69,71-75H,3-17,19-33,35-37,39,41-45,47,49-52H2,1-2H3,(H,66,70)/b34-18-,40-38+,48-46+. The van der Waals surface area contributed by atoms with Crippen LogP contribution in [0.25, 0.3) is 0 Å². The van der Waals surface area contributed by atoms with Gasteiger partial charge in [-0.2, -0.15) is 0 Å². The van der Waals surface area contributed by atoms with Gasteiger partial charge in [0.05, 0.1) is 32.0 Å². The predicted octanol–water partition coefficient (Wildman–Crippen LogP) is 12.2. The summed E-state index contributed by atoms with van der Waals surface area (Å²) in [6.07, 6.45) is 46.4. The third kappa shape index (κ3) is 35.8.